The minimum absolute atomic E-state index is 0.139. The van der Waals surface area contributed by atoms with Gasteiger partial charge in [0.15, 0.2) is 0 Å². The molecule has 9 rings (SSSR count). The number of allylic oxidation sites excluding steroid dienone is 2. The molecule has 0 amide bonds. The first-order valence-electron chi connectivity index (χ1n) is 23.3. The van der Waals surface area contributed by atoms with Gasteiger partial charge in [-0.05, 0) is 0 Å². The van der Waals surface area contributed by atoms with Crippen LogP contribution in [-0.2, 0) is 29.0 Å². The van der Waals surface area contributed by atoms with Crippen LogP contribution in [0, 0.1) is 10.8 Å². The third-order valence-corrected chi connectivity index (χ3v) is 45.8. The van der Waals surface area contributed by atoms with Crippen LogP contribution >= 0.6 is 17.2 Å². The Hall–Kier alpha value is -3.53. The van der Waals surface area contributed by atoms with Gasteiger partial charge in [-0.2, -0.15) is 0 Å². The summed E-state index contributed by atoms with van der Waals surface area (Å²) >= 11 is -5.97. The molecule has 2 unspecified atom stereocenters. The first kappa shape index (κ1) is 43.7. The third-order valence-electron chi connectivity index (χ3n) is 14.5. The van der Waals surface area contributed by atoms with Gasteiger partial charge in [0.05, 0.1) is 0 Å². The molecule has 1 aliphatic heterocycles. The molecule has 6 aromatic carbocycles. The van der Waals surface area contributed by atoms with E-state index in [9.17, 15) is 17.2 Å². The second-order valence-electron chi connectivity index (χ2n) is 20.5. The maximum atomic E-state index is 9.54. The molecular weight excluding hydrogens is 974 g/mol. The van der Waals surface area contributed by atoms with Crippen molar-refractivity contribution in [2.45, 2.75) is 101 Å². The second-order valence-corrected chi connectivity index (χ2v) is 51.6. The topological polar surface area (TPSA) is 0 Å². The molecule has 2 aliphatic carbocycles. The molecule has 3 aliphatic rings. The second kappa shape index (κ2) is 16.5. The third kappa shape index (κ3) is 7.19. The summed E-state index contributed by atoms with van der Waals surface area (Å²) in [4.78, 5) is 0. The van der Waals surface area contributed by atoms with Crippen LogP contribution in [0.3, 0.4) is 0 Å². The molecule has 1 heterocycles. The summed E-state index contributed by atoms with van der Waals surface area (Å²) in [6.07, 6.45) is 11.9. The normalized spacial score (nSPS) is 17.8. The van der Waals surface area contributed by atoms with Crippen LogP contribution in [0.2, 0.25) is 0 Å². The fourth-order valence-electron chi connectivity index (χ4n) is 11.5. The van der Waals surface area contributed by atoms with E-state index in [-0.39, 0.29) is 18.2 Å². The molecule has 0 radical (unpaired) electrons. The van der Waals surface area contributed by atoms with Crippen molar-refractivity contribution in [3.05, 3.63) is 172 Å². The van der Waals surface area contributed by atoms with Crippen molar-refractivity contribution in [3.8, 4) is 33.4 Å². The molecule has 0 aromatic heterocycles. The monoisotopic (exact) mass is 1040 g/mol. The molecule has 0 spiro atoms. The predicted molar refractivity (Wildman–Crippen MR) is 272 cm³/mol. The Bertz CT molecular complexity index is 2630. The van der Waals surface area contributed by atoms with Crippen LogP contribution in [0.4, 0.5) is 0 Å². The van der Waals surface area contributed by atoms with Gasteiger partial charge in [-0.3, -0.25) is 0 Å². The zero-order valence-corrected chi connectivity index (χ0v) is 44.7. The molecule has 0 bridgehead atoms. The Balaban J connectivity index is 1.38. The average Bonchev–Trinajstić information content (AvgIpc) is 3.98. The van der Waals surface area contributed by atoms with Gasteiger partial charge < -0.3 is 0 Å². The van der Waals surface area contributed by atoms with E-state index in [1.165, 1.54) is 117 Å². The zero-order valence-electron chi connectivity index (χ0n) is 38.1. The van der Waals surface area contributed by atoms with Crippen LogP contribution in [0.15, 0.2) is 139 Å². The zero-order chi connectivity index (χ0) is 43.6. The van der Waals surface area contributed by atoms with Crippen LogP contribution in [0.5, 0.6) is 0 Å². The number of hydrogen-bond donors (Lipinski definition) is 0. The summed E-state index contributed by atoms with van der Waals surface area (Å²) in [5.74, 6) is 0. The van der Waals surface area contributed by atoms with E-state index >= 15 is 0 Å². The number of halogens is 2. The van der Waals surface area contributed by atoms with Crippen molar-refractivity contribution in [2.24, 2.45) is 10.8 Å². The van der Waals surface area contributed by atoms with E-state index in [1.807, 2.05) is 0 Å². The fourth-order valence-corrected chi connectivity index (χ4v) is 51.2. The Morgan fingerprint density at radius 3 is 1.39 bits per heavy atom. The summed E-state index contributed by atoms with van der Waals surface area (Å²) in [5, 5.41) is 2.97. The Morgan fingerprint density at radius 2 is 0.903 bits per heavy atom. The Kier molecular flexibility index (Phi) is 11.6. The molecule has 6 aromatic rings. The first-order chi connectivity index (χ1) is 29.7. The Labute approximate surface area is 383 Å². The van der Waals surface area contributed by atoms with Crippen LogP contribution < -0.4 is 13.7 Å². The molecule has 0 fully saturated rings. The number of aryl methyl sites for hydroxylation is 2. The molecule has 4 heteroatoms. The van der Waals surface area contributed by atoms with E-state index in [4.69, 9.17) is 0 Å². The Morgan fingerprint density at radius 1 is 0.484 bits per heavy atom. The SMILES string of the molecule is CCCCc1ccccc1-c1cccc2c1C=C(C(C)(C)C)[CH]2[Hf]([Cl])([Cl])([c]1cccc2c1[SiH2]c1ccccc1-2)[CH]1C(C(C)(C)C)=Cc2c(-c3ccccc3CCCC)cccc21. The van der Waals surface area contributed by atoms with E-state index in [1.54, 1.807) is 0 Å². The van der Waals surface area contributed by atoms with Crippen molar-refractivity contribution < 1.29 is 16.1 Å². The molecule has 0 saturated heterocycles. The van der Waals surface area contributed by atoms with E-state index in [0.717, 1.165) is 12.8 Å². The number of hydrogen-bond acceptors (Lipinski definition) is 0. The molecule has 2 atom stereocenters. The van der Waals surface area contributed by atoms with Crippen LogP contribution in [-0.4, -0.2) is 9.52 Å². The van der Waals surface area contributed by atoms with E-state index in [0.29, 0.717) is 0 Å². The number of rotatable bonds is 11. The van der Waals surface area contributed by atoms with E-state index < -0.39 is 25.7 Å². The maximum absolute atomic E-state index is 9.54. The van der Waals surface area contributed by atoms with Crippen molar-refractivity contribution in [2.75, 3.05) is 0 Å². The van der Waals surface area contributed by atoms with Crippen molar-refractivity contribution >= 4 is 52.5 Å². The molecule has 317 valence electrons. The molecule has 0 nitrogen and oxygen atoms in total. The average molecular weight is 1040 g/mol. The number of fused-ring (bicyclic) bond motifs is 5. The van der Waals surface area contributed by atoms with Crippen molar-refractivity contribution in [1.82, 2.24) is 0 Å². The van der Waals surface area contributed by atoms with Gasteiger partial charge in [-0.1, -0.05) is 0 Å². The summed E-state index contributed by atoms with van der Waals surface area (Å²) in [6, 6.07) is 48.5. The van der Waals surface area contributed by atoms with E-state index in [2.05, 4.69) is 195 Å². The van der Waals surface area contributed by atoms with Crippen molar-refractivity contribution in [1.29, 1.82) is 0 Å². The van der Waals surface area contributed by atoms with Gasteiger partial charge in [-0.15, -0.1) is 0 Å². The summed E-state index contributed by atoms with van der Waals surface area (Å²) in [7, 11) is 18.2. The molecule has 62 heavy (non-hydrogen) atoms. The summed E-state index contributed by atoms with van der Waals surface area (Å²) in [6.45, 7) is 18.9. The summed E-state index contributed by atoms with van der Waals surface area (Å²) < 4.78 is 1.02. The standard InChI is InChI=1S/2C23H27.C12H9Si.2ClH.Hf/c2*1-5-6-10-17-11-7-8-13-20(17)21-14-9-12-18-15-19(16-22(18)21)23(2,3)4;1-3-7-11-9(5-1)10-6-2-4-8-12(10)13-11;;;/h2*7-9,11-16H,5-6,10H2,1-4H3;1-7H,13H2;2*1H;/q;;;;;+2/p-2. The minimum atomic E-state index is -5.97. The van der Waals surface area contributed by atoms with Crippen molar-refractivity contribution in [3.63, 3.8) is 0 Å². The molecule has 0 saturated carbocycles. The fraction of sp³-hybridized carbons (Fsp3) is 0.310. The predicted octanol–water partition coefficient (Wildman–Crippen LogP) is 14.8. The number of benzene rings is 6. The van der Waals surface area contributed by atoms with Crippen LogP contribution in [0.25, 0.3) is 45.5 Å². The van der Waals surface area contributed by atoms with Gasteiger partial charge in [0.2, 0.25) is 0 Å². The quantitative estimate of drug-likeness (QED) is 0.113. The summed E-state index contributed by atoms with van der Waals surface area (Å²) in [5.41, 5.74) is 18.4. The van der Waals surface area contributed by atoms with Gasteiger partial charge in [0, 0.05) is 0 Å². The van der Waals surface area contributed by atoms with Crippen LogP contribution in [0.1, 0.15) is 122 Å². The first-order valence-corrected chi connectivity index (χ1v) is 39.6. The van der Waals surface area contributed by atoms with Gasteiger partial charge in [-0.25, -0.2) is 0 Å². The molecular formula is C58H63Cl2HfSi. The van der Waals surface area contributed by atoms with Gasteiger partial charge >= 0.3 is 386 Å². The number of unbranched alkanes of at least 4 members (excludes halogenated alkanes) is 2. The van der Waals surface area contributed by atoms with Gasteiger partial charge in [0.25, 0.3) is 0 Å². The van der Waals surface area contributed by atoms with Gasteiger partial charge in [0.1, 0.15) is 0 Å². The molecule has 0 N–H and O–H groups in total.